The minimum atomic E-state index is -4.12. The Bertz CT molecular complexity index is 497. The highest BCUT2D eigenvalue weighted by Gasteiger charge is 2.41. The summed E-state index contributed by atoms with van der Waals surface area (Å²) in [5.74, 6) is -1.23. The van der Waals surface area contributed by atoms with Gasteiger partial charge in [0.1, 0.15) is 0 Å². The van der Waals surface area contributed by atoms with E-state index in [1.807, 2.05) is 11.0 Å². The summed E-state index contributed by atoms with van der Waals surface area (Å²) in [6.45, 7) is 0.618. The summed E-state index contributed by atoms with van der Waals surface area (Å²) in [5, 5.41) is 8.84. The molecule has 2 rings (SSSR count). The Morgan fingerprint density at radius 2 is 1.89 bits per heavy atom. The van der Waals surface area contributed by atoms with Crippen LogP contribution in [0.1, 0.15) is 18.4 Å². The summed E-state index contributed by atoms with van der Waals surface area (Å²) in [7, 11) is 0. The van der Waals surface area contributed by atoms with Crippen LogP contribution in [0.15, 0.2) is 18.2 Å². The number of nitriles is 1. The summed E-state index contributed by atoms with van der Waals surface area (Å²) < 4.78 is 37.7. The smallest absolute Gasteiger partial charge is 0.391 e. The number of nitrogens with two attached hydrogens (primary N) is 1. The molecule has 0 saturated carbocycles. The van der Waals surface area contributed by atoms with E-state index in [4.69, 9.17) is 11.0 Å². The van der Waals surface area contributed by atoms with Gasteiger partial charge < -0.3 is 10.6 Å². The van der Waals surface area contributed by atoms with Crippen molar-refractivity contribution in [3.8, 4) is 6.07 Å². The average Bonchev–Trinajstić information content (AvgIpc) is 2.38. The molecule has 0 unspecified atom stereocenters. The largest absolute Gasteiger partial charge is 0.397 e. The summed E-state index contributed by atoms with van der Waals surface area (Å²) in [6.07, 6.45) is -3.98. The van der Waals surface area contributed by atoms with Gasteiger partial charge in [0.2, 0.25) is 0 Å². The van der Waals surface area contributed by atoms with E-state index in [1.54, 1.807) is 18.2 Å². The molecular weight excluding hydrogens is 255 g/mol. The van der Waals surface area contributed by atoms with Gasteiger partial charge in [0, 0.05) is 13.1 Å². The van der Waals surface area contributed by atoms with Gasteiger partial charge in [0.15, 0.2) is 0 Å². The molecule has 19 heavy (non-hydrogen) atoms. The quantitative estimate of drug-likeness (QED) is 0.797. The predicted molar refractivity (Wildman–Crippen MR) is 66.6 cm³/mol. The van der Waals surface area contributed by atoms with E-state index in [0.717, 1.165) is 0 Å². The molecule has 1 saturated heterocycles. The predicted octanol–water partition coefficient (Wildman–Crippen LogP) is 2.92. The molecule has 2 N–H and O–H groups in total. The summed E-state index contributed by atoms with van der Waals surface area (Å²) in [6, 6.07) is 6.85. The molecule has 0 aromatic heterocycles. The maximum absolute atomic E-state index is 12.6. The molecule has 0 atom stereocenters. The van der Waals surface area contributed by atoms with Crippen molar-refractivity contribution in [2.75, 3.05) is 23.7 Å². The van der Waals surface area contributed by atoms with E-state index in [9.17, 15) is 13.2 Å². The Hall–Kier alpha value is -1.90. The van der Waals surface area contributed by atoms with Gasteiger partial charge in [-0.25, -0.2) is 0 Å². The van der Waals surface area contributed by atoms with Crippen LogP contribution in [0.2, 0.25) is 0 Å². The van der Waals surface area contributed by atoms with Crippen LogP contribution in [-0.4, -0.2) is 19.3 Å². The number of nitrogens with zero attached hydrogens (tertiary/aromatic N) is 2. The van der Waals surface area contributed by atoms with Crippen LogP contribution < -0.4 is 10.6 Å². The first-order chi connectivity index (χ1) is 8.91. The van der Waals surface area contributed by atoms with E-state index in [1.165, 1.54) is 0 Å². The van der Waals surface area contributed by atoms with Crippen LogP contribution >= 0.6 is 0 Å². The second-order valence-corrected chi connectivity index (χ2v) is 4.69. The van der Waals surface area contributed by atoms with Crippen molar-refractivity contribution in [2.24, 2.45) is 5.92 Å². The Balaban J connectivity index is 2.12. The minimum absolute atomic E-state index is 0.0692. The van der Waals surface area contributed by atoms with Gasteiger partial charge in [-0.1, -0.05) is 0 Å². The maximum Gasteiger partial charge on any atom is 0.391 e. The topological polar surface area (TPSA) is 53.1 Å². The summed E-state index contributed by atoms with van der Waals surface area (Å²) in [5.41, 5.74) is 7.43. The average molecular weight is 269 g/mol. The van der Waals surface area contributed by atoms with Crippen molar-refractivity contribution in [3.63, 3.8) is 0 Å². The van der Waals surface area contributed by atoms with E-state index in [0.29, 0.717) is 30.0 Å². The van der Waals surface area contributed by atoms with Crippen LogP contribution in [0.25, 0.3) is 0 Å². The molecule has 0 spiro atoms. The highest BCUT2D eigenvalue weighted by Crippen LogP contribution is 2.36. The second kappa shape index (κ2) is 5.00. The highest BCUT2D eigenvalue weighted by molar-refractivity contribution is 5.69. The molecule has 1 aromatic rings. The molecule has 1 fully saturated rings. The lowest BCUT2D eigenvalue weighted by Crippen LogP contribution is -2.39. The number of halogens is 3. The number of nitrogen functional groups attached to an aromatic ring is 1. The van der Waals surface area contributed by atoms with E-state index in [2.05, 4.69) is 0 Å². The molecule has 102 valence electrons. The molecule has 1 aliphatic heterocycles. The summed E-state index contributed by atoms with van der Waals surface area (Å²) >= 11 is 0. The third kappa shape index (κ3) is 2.92. The van der Waals surface area contributed by atoms with Crippen LogP contribution in [0.3, 0.4) is 0 Å². The van der Waals surface area contributed by atoms with E-state index < -0.39 is 12.1 Å². The SMILES string of the molecule is N#Cc1ccc(N)c(N2CCC(C(F)(F)F)CC2)c1. The zero-order valence-electron chi connectivity index (χ0n) is 10.2. The lowest BCUT2D eigenvalue weighted by atomic mass is 9.95. The lowest BCUT2D eigenvalue weighted by Gasteiger charge is -2.35. The zero-order chi connectivity index (χ0) is 14.0. The molecule has 1 aliphatic rings. The molecule has 0 radical (unpaired) electrons. The Kier molecular flexibility index (Phi) is 3.56. The molecular formula is C13H14F3N3. The molecule has 0 aliphatic carbocycles. The number of piperidine rings is 1. The normalized spacial score (nSPS) is 17.3. The monoisotopic (exact) mass is 269 g/mol. The van der Waals surface area contributed by atoms with Gasteiger partial charge in [-0.2, -0.15) is 18.4 Å². The Morgan fingerprint density at radius 1 is 1.26 bits per heavy atom. The zero-order valence-corrected chi connectivity index (χ0v) is 10.2. The molecule has 0 amide bonds. The van der Waals surface area contributed by atoms with Crippen molar-refractivity contribution < 1.29 is 13.2 Å². The first kappa shape index (κ1) is 13.5. The van der Waals surface area contributed by atoms with Crippen molar-refractivity contribution in [2.45, 2.75) is 19.0 Å². The first-order valence-corrected chi connectivity index (χ1v) is 6.03. The van der Waals surface area contributed by atoms with Crippen LogP contribution in [0, 0.1) is 17.2 Å². The minimum Gasteiger partial charge on any atom is -0.397 e. The molecule has 6 heteroatoms. The van der Waals surface area contributed by atoms with Crippen LogP contribution in [0.5, 0.6) is 0 Å². The van der Waals surface area contributed by atoms with E-state index >= 15 is 0 Å². The second-order valence-electron chi connectivity index (χ2n) is 4.69. The van der Waals surface area contributed by atoms with Gasteiger partial charge >= 0.3 is 6.18 Å². The van der Waals surface area contributed by atoms with Crippen molar-refractivity contribution in [1.29, 1.82) is 5.26 Å². The summed E-state index contributed by atoms with van der Waals surface area (Å²) in [4.78, 5) is 1.82. The van der Waals surface area contributed by atoms with Gasteiger partial charge in [0.05, 0.1) is 28.9 Å². The fourth-order valence-corrected chi connectivity index (χ4v) is 2.33. The fraction of sp³-hybridized carbons (Fsp3) is 0.462. The number of alkyl halides is 3. The van der Waals surface area contributed by atoms with Gasteiger partial charge in [-0.3, -0.25) is 0 Å². The third-order valence-electron chi connectivity index (χ3n) is 3.46. The Morgan fingerprint density at radius 3 is 2.42 bits per heavy atom. The van der Waals surface area contributed by atoms with Crippen molar-refractivity contribution in [3.05, 3.63) is 23.8 Å². The number of anilines is 2. The molecule has 1 aromatic carbocycles. The highest BCUT2D eigenvalue weighted by atomic mass is 19.4. The van der Waals surface area contributed by atoms with Crippen molar-refractivity contribution in [1.82, 2.24) is 0 Å². The Labute approximate surface area is 109 Å². The van der Waals surface area contributed by atoms with Crippen LogP contribution in [-0.2, 0) is 0 Å². The molecule has 3 nitrogen and oxygen atoms in total. The number of rotatable bonds is 1. The lowest BCUT2D eigenvalue weighted by molar-refractivity contribution is -0.179. The third-order valence-corrected chi connectivity index (χ3v) is 3.46. The number of hydrogen-bond donors (Lipinski definition) is 1. The van der Waals surface area contributed by atoms with Crippen LogP contribution in [0.4, 0.5) is 24.5 Å². The first-order valence-electron chi connectivity index (χ1n) is 6.03. The maximum atomic E-state index is 12.6. The van der Waals surface area contributed by atoms with Crippen molar-refractivity contribution >= 4 is 11.4 Å². The van der Waals surface area contributed by atoms with Gasteiger partial charge in [0.25, 0.3) is 0 Å². The molecule has 0 bridgehead atoms. The van der Waals surface area contributed by atoms with Gasteiger partial charge in [-0.15, -0.1) is 0 Å². The molecule has 1 heterocycles. The fourth-order valence-electron chi connectivity index (χ4n) is 2.33. The number of benzene rings is 1. The van der Waals surface area contributed by atoms with E-state index in [-0.39, 0.29) is 12.8 Å². The van der Waals surface area contributed by atoms with Gasteiger partial charge in [-0.05, 0) is 31.0 Å². The number of hydrogen-bond acceptors (Lipinski definition) is 3. The standard InChI is InChI=1S/C13H14F3N3/c14-13(15,16)10-3-5-19(6-4-10)12-7-9(8-17)1-2-11(12)18/h1-2,7,10H,3-6,18H2.